The molecule has 0 unspecified atom stereocenters. The summed E-state index contributed by atoms with van der Waals surface area (Å²) in [6, 6.07) is 9.96. The average Bonchev–Trinajstić information content (AvgIpc) is 2.20. The fourth-order valence-electron chi connectivity index (χ4n) is 0.521. The molecule has 0 amide bonds. The molecule has 0 saturated carbocycles. The van der Waals surface area contributed by atoms with Gasteiger partial charge in [0.05, 0.1) is 10.2 Å². The number of hydrogen-bond acceptors (Lipinski definition) is 2. The first-order valence-electron chi connectivity index (χ1n) is 4.39. The van der Waals surface area contributed by atoms with Crippen LogP contribution in [0.5, 0.6) is 0 Å². The molecule has 0 aliphatic carbocycles. The second kappa shape index (κ2) is 6.94. The zero-order valence-corrected chi connectivity index (χ0v) is 11.2. The maximum atomic E-state index is 5.00. The lowest BCUT2D eigenvalue weighted by Gasteiger charge is -2.15. The van der Waals surface area contributed by atoms with Crippen molar-refractivity contribution in [3.8, 4) is 0 Å². The highest BCUT2D eigenvalue weighted by atomic mass is 28.4. The summed E-state index contributed by atoms with van der Waals surface area (Å²) in [7, 11) is 5.06. The minimum absolute atomic E-state index is 1.13. The van der Waals surface area contributed by atoms with E-state index in [0.29, 0.717) is 0 Å². The maximum Gasteiger partial charge on any atom is 0.331 e. The summed E-state index contributed by atoms with van der Waals surface area (Å²) in [6.07, 6.45) is 0. The van der Waals surface area contributed by atoms with Crippen molar-refractivity contribution in [3.05, 3.63) is 30.3 Å². The molecule has 14 heavy (non-hydrogen) atoms. The number of hydrogen-bond donors (Lipinski definition) is 0. The van der Waals surface area contributed by atoms with Crippen LogP contribution in [0.1, 0.15) is 0 Å². The lowest BCUT2D eigenvalue weighted by molar-refractivity contribution is 0.258. The van der Waals surface area contributed by atoms with Gasteiger partial charge in [-0.3, -0.25) is 0 Å². The SMILES string of the molecule is CO[Si](C)(C)OC.[Si]c1ccccc1. The van der Waals surface area contributed by atoms with Gasteiger partial charge < -0.3 is 8.85 Å². The highest BCUT2D eigenvalue weighted by Crippen LogP contribution is 1.99. The smallest absolute Gasteiger partial charge is 0.331 e. The Kier molecular flexibility index (Phi) is 6.73. The predicted molar refractivity (Wildman–Crippen MR) is 63.3 cm³/mol. The molecule has 0 bridgehead atoms. The Hall–Kier alpha value is -0.426. The Labute approximate surface area is 90.9 Å². The molecule has 0 fully saturated rings. The van der Waals surface area contributed by atoms with Crippen LogP contribution >= 0.6 is 0 Å². The molecule has 0 saturated heterocycles. The van der Waals surface area contributed by atoms with Crippen LogP contribution in [-0.4, -0.2) is 33.0 Å². The Morgan fingerprint density at radius 1 is 1.00 bits per heavy atom. The molecule has 0 heterocycles. The van der Waals surface area contributed by atoms with Gasteiger partial charge in [-0.25, -0.2) is 0 Å². The Morgan fingerprint density at radius 2 is 1.43 bits per heavy atom. The predicted octanol–water partition coefficient (Wildman–Crippen LogP) is 1.46. The summed E-state index contributed by atoms with van der Waals surface area (Å²) < 4.78 is 10.0. The Morgan fingerprint density at radius 3 is 1.57 bits per heavy atom. The molecule has 0 aliphatic rings. The van der Waals surface area contributed by atoms with Crippen molar-refractivity contribution in [2.24, 2.45) is 0 Å². The van der Waals surface area contributed by atoms with E-state index in [1.54, 1.807) is 14.2 Å². The van der Waals surface area contributed by atoms with Crippen LogP contribution in [0.2, 0.25) is 13.1 Å². The highest BCUT2D eigenvalue weighted by molar-refractivity contribution is 6.64. The zero-order chi connectivity index (χ0) is 11.0. The first-order valence-corrected chi connectivity index (χ1v) is 7.70. The molecular formula is C10H17O2Si2. The normalized spacial score (nSPS) is 10.4. The van der Waals surface area contributed by atoms with Crippen LogP contribution in [-0.2, 0) is 8.85 Å². The summed E-state index contributed by atoms with van der Waals surface area (Å²) in [5, 5.41) is 1.13. The Balaban J connectivity index is 0.000000241. The summed E-state index contributed by atoms with van der Waals surface area (Å²) in [4.78, 5) is 0. The van der Waals surface area contributed by atoms with Crippen LogP contribution < -0.4 is 5.19 Å². The van der Waals surface area contributed by atoms with Crippen LogP contribution in [0.25, 0.3) is 0 Å². The molecular weight excluding hydrogens is 208 g/mol. The molecule has 1 rings (SSSR count). The third-order valence-electron chi connectivity index (χ3n) is 1.76. The fourth-order valence-corrected chi connectivity index (χ4v) is 0.881. The van der Waals surface area contributed by atoms with Gasteiger partial charge in [0.2, 0.25) is 0 Å². The van der Waals surface area contributed by atoms with Gasteiger partial charge in [0.15, 0.2) is 0 Å². The van der Waals surface area contributed by atoms with Crippen molar-refractivity contribution in [2.45, 2.75) is 13.1 Å². The largest absolute Gasteiger partial charge is 0.398 e. The van der Waals surface area contributed by atoms with Gasteiger partial charge in [0.25, 0.3) is 0 Å². The van der Waals surface area contributed by atoms with Crippen molar-refractivity contribution in [1.29, 1.82) is 0 Å². The van der Waals surface area contributed by atoms with Gasteiger partial charge in [0, 0.05) is 14.2 Å². The molecule has 3 radical (unpaired) electrons. The first-order chi connectivity index (χ1) is 6.52. The van der Waals surface area contributed by atoms with E-state index in [9.17, 15) is 0 Å². The minimum atomic E-state index is -1.65. The fraction of sp³-hybridized carbons (Fsp3) is 0.400. The van der Waals surface area contributed by atoms with Crippen molar-refractivity contribution < 1.29 is 8.85 Å². The van der Waals surface area contributed by atoms with E-state index < -0.39 is 8.56 Å². The van der Waals surface area contributed by atoms with Gasteiger partial charge in [0.1, 0.15) is 0 Å². The molecule has 2 nitrogen and oxygen atoms in total. The number of rotatable bonds is 2. The van der Waals surface area contributed by atoms with Crippen LogP contribution in [0.4, 0.5) is 0 Å². The number of benzene rings is 1. The van der Waals surface area contributed by atoms with Crippen LogP contribution in [0.3, 0.4) is 0 Å². The lowest BCUT2D eigenvalue weighted by Crippen LogP contribution is -2.31. The molecule has 0 spiro atoms. The standard InChI is InChI=1S/C6H5Si.C4H12O2Si/c7-6-4-2-1-3-5-6;1-5-7(3,4)6-2/h1-5H;1-4H3. The van der Waals surface area contributed by atoms with Gasteiger partial charge >= 0.3 is 8.56 Å². The van der Waals surface area contributed by atoms with Crippen molar-refractivity contribution >= 4 is 24.0 Å². The third-order valence-corrected chi connectivity index (χ3v) is 4.06. The monoisotopic (exact) mass is 225 g/mol. The lowest BCUT2D eigenvalue weighted by atomic mass is 10.4. The van der Waals surface area contributed by atoms with Crippen LogP contribution in [0, 0.1) is 0 Å². The van der Waals surface area contributed by atoms with E-state index in [0.717, 1.165) is 5.19 Å². The third kappa shape index (κ3) is 7.02. The van der Waals surface area contributed by atoms with E-state index in [2.05, 4.69) is 10.2 Å². The first kappa shape index (κ1) is 13.6. The molecule has 0 atom stereocenters. The quantitative estimate of drug-likeness (QED) is 0.710. The van der Waals surface area contributed by atoms with E-state index in [4.69, 9.17) is 8.85 Å². The van der Waals surface area contributed by atoms with E-state index in [-0.39, 0.29) is 0 Å². The summed E-state index contributed by atoms with van der Waals surface area (Å²) >= 11 is 0. The van der Waals surface area contributed by atoms with E-state index in [1.165, 1.54) is 0 Å². The summed E-state index contributed by atoms with van der Waals surface area (Å²) in [5.74, 6) is 0. The van der Waals surface area contributed by atoms with Crippen molar-refractivity contribution in [1.82, 2.24) is 0 Å². The molecule has 0 aromatic heterocycles. The minimum Gasteiger partial charge on any atom is -0.398 e. The van der Waals surface area contributed by atoms with Gasteiger partial charge in [-0.1, -0.05) is 35.5 Å². The molecule has 0 N–H and O–H groups in total. The molecule has 1 aromatic rings. The Bertz CT molecular complexity index is 231. The second-order valence-corrected chi connectivity index (χ2v) is 7.37. The molecule has 77 valence electrons. The highest BCUT2D eigenvalue weighted by Gasteiger charge is 2.19. The molecule has 0 aliphatic heterocycles. The average molecular weight is 225 g/mol. The van der Waals surface area contributed by atoms with Gasteiger partial charge in [-0.05, 0) is 13.1 Å². The molecule has 4 heteroatoms. The van der Waals surface area contributed by atoms with Crippen molar-refractivity contribution in [3.63, 3.8) is 0 Å². The van der Waals surface area contributed by atoms with E-state index >= 15 is 0 Å². The van der Waals surface area contributed by atoms with Gasteiger partial charge in [-0.2, -0.15) is 0 Å². The molecule has 1 aromatic carbocycles. The zero-order valence-electron chi connectivity index (χ0n) is 9.20. The topological polar surface area (TPSA) is 18.5 Å². The van der Waals surface area contributed by atoms with Gasteiger partial charge in [-0.15, -0.1) is 0 Å². The summed E-state index contributed by atoms with van der Waals surface area (Å²) in [6.45, 7) is 3.99. The van der Waals surface area contributed by atoms with Crippen LogP contribution in [0.15, 0.2) is 30.3 Å². The summed E-state index contributed by atoms with van der Waals surface area (Å²) in [5.41, 5.74) is 0. The second-order valence-electron chi connectivity index (χ2n) is 3.17. The maximum absolute atomic E-state index is 5.00. The van der Waals surface area contributed by atoms with Crippen molar-refractivity contribution in [2.75, 3.05) is 14.2 Å². The van der Waals surface area contributed by atoms with E-state index in [1.807, 2.05) is 43.4 Å².